The quantitative estimate of drug-likeness (QED) is 0.487. The van der Waals surface area contributed by atoms with Crippen molar-refractivity contribution in [1.29, 1.82) is 0 Å². The zero-order chi connectivity index (χ0) is 18.5. The minimum absolute atomic E-state index is 0.201. The molecule has 0 fully saturated rings. The lowest BCUT2D eigenvalue weighted by atomic mass is 10.1. The molecule has 5 nitrogen and oxygen atoms in total. The lowest BCUT2D eigenvalue weighted by Gasteiger charge is -2.08. The Labute approximate surface area is 156 Å². The molecule has 0 spiro atoms. The first-order valence-corrected chi connectivity index (χ1v) is 8.53. The first kappa shape index (κ1) is 17.9. The second-order valence-electron chi connectivity index (χ2n) is 5.62. The molecule has 0 saturated carbocycles. The molecular weight excluding hydrogens is 352 g/mol. The molecule has 2 heterocycles. The number of ether oxygens (including phenoxy) is 1. The van der Waals surface area contributed by atoms with Gasteiger partial charge in [0, 0.05) is 23.0 Å². The lowest BCUT2D eigenvalue weighted by molar-refractivity contribution is 0.0526. The number of hydrogen-bond acceptors (Lipinski definition) is 4. The number of carbonyl (C=O) groups is 2. The molecule has 132 valence electrons. The van der Waals surface area contributed by atoms with Crippen LogP contribution in [0.4, 0.5) is 0 Å². The van der Waals surface area contributed by atoms with Crippen LogP contribution in [-0.4, -0.2) is 27.9 Å². The van der Waals surface area contributed by atoms with E-state index in [9.17, 15) is 9.59 Å². The summed E-state index contributed by atoms with van der Waals surface area (Å²) < 4.78 is 6.76. The molecule has 0 N–H and O–H groups in total. The first-order valence-electron chi connectivity index (χ1n) is 8.16. The highest BCUT2D eigenvalue weighted by molar-refractivity contribution is 6.30. The molecule has 0 atom stereocenters. The van der Waals surface area contributed by atoms with Crippen molar-refractivity contribution in [3.05, 3.63) is 88.5 Å². The fourth-order valence-corrected chi connectivity index (χ4v) is 2.70. The van der Waals surface area contributed by atoms with Crippen LogP contribution in [-0.2, 0) is 11.3 Å². The molecular formula is C20H17ClN2O3. The van der Waals surface area contributed by atoms with Crippen LogP contribution in [0, 0.1) is 0 Å². The van der Waals surface area contributed by atoms with Gasteiger partial charge in [0.2, 0.25) is 5.78 Å². The third-order valence-corrected chi connectivity index (χ3v) is 4.06. The van der Waals surface area contributed by atoms with Gasteiger partial charge < -0.3 is 9.30 Å². The van der Waals surface area contributed by atoms with Crippen molar-refractivity contribution in [2.75, 3.05) is 6.61 Å². The number of esters is 1. The minimum atomic E-state index is -0.461. The molecule has 0 aliphatic carbocycles. The van der Waals surface area contributed by atoms with Crippen LogP contribution < -0.4 is 0 Å². The third-order valence-electron chi connectivity index (χ3n) is 3.81. The zero-order valence-corrected chi connectivity index (χ0v) is 14.9. The van der Waals surface area contributed by atoms with Gasteiger partial charge in [-0.3, -0.25) is 9.78 Å². The number of ketones is 1. The van der Waals surface area contributed by atoms with Crippen LogP contribution >= 0.6 is 11.6 Å². The van der Waals surface area contributed by atoms with E-state index in [2.05, 4.69) is 4.98 Å². The zero-order valence-electron chi connectivity index (χ0n) is 14.2. The van der Waals surface area contributed by atoms with Gasteiger partial charge in [0.1, 0.15) is 0 Å². The molecule has 3 aromatic rings. The van der Waals surface area contributed by atoms with E-state index in [0.717, 1.165) is 5.69 Å². The predicted molar refractivity (Wildman–Crippen MR) is 98.6 cm³/mol. The molecule has 0 aliphatic rings. The van der Waals surface area contributed by atoms with Crippen molar-refractivity contribution in [1.82, 2.24) is 9.55 Å². The number of hydrogen-bond donors (Lipinski definition) is 0. The Morgan fingerprint density at radius 3 is 2.54 bits per heavy atom. The van der Waals surface area contributed by atoms with Gasteiger partial charge in [0.05, 0.1) is 30.1 Å². The van der Waals surface area contributed by atoms with E-state index < -0.39 is 5.97 Å². The lowest BCUT2D eigenvalue weighted by Crippen LogP contribution is -2.11. The van der Waals surface area contributed by atoms with Gasteiger partial charge >= 0.3 is 5.97 Å². The maximum atomic E-state index is 12.9. The molecule has 1 aromatic carbocycles. The van der Waals surface area contributed by atoms with Gasteiger partial charge in [0.25, 0.3) is 0 Å². The van der Waals surface area contributed by atoms with Crippen molar-refractivity contribution >= 4 is 23.4 Å². The Morgan fingerprint density at radius 1 is 1.12 bits per heavy atom. The molecule has 0 amide bonds. The summed E-state index contributed by atoms with van der Waals surface area (Å²) in [5.41, 5.74) is 2.00. The van der Waals surface area contributed by atoms with Gasteiger partial charge in [-0.2, -0.15) is 0 Å². The summed E-state index contributed by atoms with van der Waals surface area (Å²) in [4.78, 5) is 29.3. The van der Waals surface area contributed by atoms with Crippen LogP contribution in [0.25, 0.3) is 0 Å². The van der Waals surface area contributed by atoms with Gasteiger partial charge in [-0.15, -0.1) is 0 Å². The second-order valence-corrected chi connectivity index (χ2v) is 6.06. The van der Waals surface area contributed by atoms with E-state index in [4.69, 9.17) is 16.3 Å². The average molecular weight is 369 g/mol. The average Bonchev–Trinajstić information content (AvgIpc) is 3.07. The molecule has 6 heteroatoms. The van der Waals surface area contributed by atoms with Crippen LogP contribution in [0.15, 0.2) is 60.9 Å². The van der Waals surface area contributed by atoms with Crippen LogP contribution in [0.2, 0.25) is 5.02 Å². The number of pyridine rings is 1. The predicted octanol–water partition coefficient (Wildman–Crippen LogP) is 3.99. The fourth-order valence-electron chi connectivity index (χ4n) is 2.57. The maximum absolute atomic E-state index is 12.9. The first-order chi connectivity index (χ1) is 12.6. The number of carbonyl (C=O) groups excluding carboxylic acids is 2. The highest BCUT2D eigenvalue weighted by atomic mass is 35.5. The number of halogens is 1. The molecule has 0 bridgehead atoms. The van der Waals surface area contributed by atoms with Crippen LogP contribution in [0.1, 0.15) is 39.0 Å². The number of nitrogens with zero attached hydrogens (tertiary/aromatic N) is 2. The molecule has 3 rings (SSSR count). The Hall–Kier alpha value is -2.92. The summed E-state index contributed by atoms with van der Waals surface area (Å²) in [6.07, 6.45) is 3.31. The normalized spacial score (nSPS) is 10.5. The second kappa shape index (κ2) is 7.97. The van der Waals surface area contributed by atoms with Crippen molar-refractivity contribution < 1.29 is 14.3 Å². The topological polar surface area (TPSA) is 61.2 Å². The van der Waals surface area contributed by atoms with E-state index in [1.165, 1.54) is 0 Å². The molecule has 2 aromatic heterocycles. The summed E-state index contributed by atoms with van der Waals surface area (Å²) in [6, 6.07) is 13.7. The van der Waals surface area contributed by atoms with Crippen molar-refractivity contribution in [3.8, 4) is 0 Å². The van der Waals surface area contributed by atoms with E-state index in [0.29, 0.717) is 28.4 Å². The molecule has 26 heavy (non-hydrogen) atoms. The molecule has 0 saturated heterocycles. The summed E-state index contributed by atoms with van der Waals surface area (Å²) >= 11 is 5.90. The largest absolute Gasteiger partial charge is 0.462 e. The SMILES string of the molecule is CCOC(=O)c1cc(C(=O)c2ccc(Cl)cc2)n(Cc2ccccn2)c1. The van der Waals surface area contributed by atoms with E-state index in [-0.39, 0.29) is 12.4 Å². The Kier molecular flexibility index (Phi) is 5.49. The highest BCUT2D eigenvalue weighted by Crippen LogP contribution is 2.18. The number of rotatable bonds is 6. The van der Waals surface area contributed by atoms with Gasteiger partial charge in [0.15, 0.2) is 0 Å². The van der Waals surface area contributed by atoms with Crippen molar-refractivity contribution in [3.63, 3.8) is 0 Å². The molecule has 0 radical (unpaired) electrons. The van der Waals surface area contributed by atoms with Crippen LogP contribution in [0.5, 0.6) is 0 Å². The summed E-state index contributed by atoms with van der Waals surface area (Å²) in [5.74, 6) is -0.662. The highest BCUT2D eigenvalue weighted by Gasteiger charge is 2.19. The number of benzene rings is 1. The van der Waals surface area contributed by atoms with E-state index in [1.807, 2.05) is 18.2 Å². The summed E-state index contributed by atoms with van der Waals surface area (Å²) in [5, 5.41) is 0.553. The van der Waals surface area contributed by atoms with Crippen LogP contribution in [0.3, 0.4) is 0 Å². The smallest absolute Gasteiger partial charge is 0.339 e. The maximum Gasteiger partial charge on any atom is 0.339 e. The number of aromatic nitrogens is 2. The third kappa shape index (κ3) is 4.00. The van der Waals surface area contributed by atoms with Crippen molar-refractivity contribution in [2.24, 2.45) is 0 Å². The van der Waals surface area contributed by atoms with E-state index in [1.54, 1.807) is 54.2 Å². The summed E-state index contributed by atoms with van der Waals surface area (Å²) in [7, 11) is 0. The standard InChI is InChI=1S/C20H17ClN2O3/c1-2-26-20(25)15-11-18(19(24)14-6-8-16(21)9-7-14)23(12-15)13-17-5-3-4-10-22-17/h3-12H,2,13H2,1H3. The fraction of sp³-hybridized carbons (Fsp3) is 0.150. The van der Waals surface area contributed by atoms with Gasteiger partial charge in [-0.25, -0.2) is 4.79 Å². The van der Waals surface area contributed by atoms with Crippen molar-refractivity contribution in [2.45, 2.75) is 13.5 Å². The van der Waals surface area contributed by atoms with Gasteiger partial charge in [-0.05, 0) is 49.4 Å². The summed E-state index contributed by atoms with van der Waals surface area (Å²) in [6.45, 7) is 2.38. The monoisotopic (exact) mass is 368 g/mol. The Bertz CT molecular complexity index is 918. The Morgan fingerprint density at radius 2 is 1.88 bits per heavy atom. The van der Waals surface area contributed by atoms with Gasteiger partial charge in [-0.1, -0.05) is 17.7 Å². The molecule has 0 aliphatic heterocycles. The Balaban J connectivity index is 1.99. The molecule has 0 unspecified atom stereocenters. The van der Waals surface area contributed by atoms with E-state index >= 15 is 0 Å². The minimum Gasteiger partial charge on any atom is -0.462 e.